The van der Waals surface area contributed by atoms with Crippen LogP contribution in [0.1, 0.15) is 56.1 Å². The Bertz CT molecular complexity index is 753. The summed E-state index contributed by atoms with van der Waals surface area (Å²) in [7, 11) is 0. The standard InChI is InChI=1S/C23H31N3O3/c27-22(11-3-6-17-14-18-7-1-2-8-19(18)15-17)26-13-5-10-21(26)23(28)25-12-4-9-20(25)16-24-29/h1-2,7-8,16-17,20-21,29H,3-6,9-15H2/t20-,21-/m0/s1. The van der Waals surface area contributed by atoms with E-state index in [0.717, 1.165) is 51.4 Å². The van der Waals surface area contributed by atoms with Gasteiger partial charge in [0.1, 0.15) is 6.04 Å². The predicted octanol–water partition coefficient (Wildman–Crippen LogP) is 3.01. The molecule has 0 aromatic heterocycles. The number of fused-ring (bicyclic) bond motifs is 1. The van der Waals surface area contributed by atoms with E-state index in [9.17, 15) is 9.59 Å². The molecule has 29 heavy (non-hydrogen) atoms. The lowest BCUT2D eigenvalue weighted by Gasteiger charge is -2.30. The van der Waals surface area contributed by atoms with Crippen LogP contribution in [-0.4, -0.2) is 58.2 Å². The normalized spacial score (nSPS) is 24.6. The largest absolute Gasteiger partial charge is 0.411 e. The molecule has 2 heterocycles. The summed E-state index contributed by atoms with van der Waals surface area (Å²) in [5, 5.41) is 12.0. The van der Waals surface area contributed by atoms with E-state index in [0.29, 0.717) is 25.4 Å². The molecule has 0 radical (unpaired) electrons. The highest BCUT2D eigenvalue weighted by Crippen LogP contribution is 2.30. The van der Waals surface area contributed by atoms with Crippen LogP contribution in [0, 0.1) is 5.92 Å². The van der Waals surface area contributed by atoms with E-state index < -0.39 is 0 Å². The summed E-state index contributed by atoms with van der Waals surface area (Å²) in [6.07, 6.45) is 9.51. The van der Waals surface area contributed by atoms with E-state index in [1.54, 1.807) is 9.80 Å². The van der Waals surface area contributed by atoms with Gasteiger partial charge in [0.25, 0.3) is 0 Å². The van der Waals surface area contributed by atoms with Crippen molar-refractivity contribution in [3.05, 3.63) is 35.4 Å². The van der Waals surface area contributed by atoms with Crippen LogP contribution in [0.2, 0.25) is 0 Å². The lowest BCUT2D eigenvalue weighted by atomic mass is 9.98. The number of carbonyl (C=O) groups is 2. The van der Waals surface area contributed by atoms with Crippen molar-refractivity contribution in [2.75, 3.05) is 13.1 Å². The molecule has 1 N–H and O–H groups in total. The van der Waals surface area contributed by atoms with E-state index in [1.807, 2.05) is 0 Å². The van der Waals surface area contributed by atoms with E-state index in [2.05, 4.69) is 29.4 Å². The second-order valence-corrected chi connectivity index (χ2v) is 8.69. The van der Waals surface area contributed by atoms with Gasteiger partial charge in [0.05, 0.1) is 12.3 Å². The molecule has 2 atom stereocenters. The van der Waals surface area contributed by atoms with Gasteiger partial charge in [0, 0.05) is 19.5 Å². The van der Waals surface area contributed by atoms with E-state index in [-0.39, 0.29) is 23.9 Å². The third-order valence-electron chi connectivity index (χ3n) is 6.82. The molecular formula is C23H31N3O3. The fourth-order valence-corrected chi connectivity index (χ4v) is 5.35. The number of rotatable bonds is 6. The number of carbonyl (C=O) groups excluding carboxylic acids is 2. The highest BCUT2D eigenvalue weighted by molar-refractivity contribution is 5.90. The fourth-order valence-electron chi connectivity index (χ4n) is 5.35. The number of oxime groups is 1. The second kappa shape index (κ2) is 8.97. The average Bonchev–Trinajstić information content (AvgIpc) is 3.46. The van der Waals surface area contributed by atoms with Crippen LogP contribution < -0.4 is 0 Å². The Hall–Kier alpha value is -2.37. The molecule has 0 spiro atoms. The van der Waals surface area contributed by atoms with Gasteiger partial charge in [-0.3, -0.25) is 9.59 Å². The number of hydrogen-bond acceptors (Lipinski definition) is 4. The van der Waals surface area contributed by atoms with Gasteiger partial charge in [0.15, 0.2) is 0 Å². The highest BCUT2D eigenvalue weighted by atomic mass is 16.4. The smallest absolute Gasteiger partial charge is 0.245 e. The molecule has 1 aromatic carbocycles. The first-order valence-electron chi connectivity index (χ1n) is 11.0. The lowest BCUT2D eigenvalue weighted by molar-refractivity contribution is -0.143. The SMILES string of the molecule is O=C([C@@H]1CCCN1C(=O)CCCC1Cc2ccccc2C1)N1CCC[C@H]1C=NO. The molecule has 2 fully saturated rings. The van der Waals surface area contributed by atoms with Gasteiger partial charge < -0.3 is 15.0 Å². The van der Waals surface area contributed by atoms with Gasteiger partial charge in [-0.15, -0.1) is 0 Å². The number of benzene rings is 1. The highest BCUT2D eigenvalue weighted by Gasteiger charge is 2.39. The van der Waals surface area contributed by atoms with Gasteiger partial charge in [-0.1, -0.05) is 29.4 Å². The Balaban J connectivity index is 1.27. The van der Waals surface area contributed by atoms with Crippen molar-refractivity contribution in [3.8, 4) is 0 Å². The zero-order valence-corrected chi connectivity index (χ0v) is 17.0. The summed E-state index contributed by atoms with van der Waals surface area (Å²) in [5.41, 5.74) is 2.92. The molecule has 156 valence electrons. The third-order valence-corrected chi connectivity index (χ3v) is 6.82. The van der Waals surface area contributed by atoms with Gasteiger partial charge >= 0.3 is 0 Å². The van der Waals surface area contributed by atoms with Crippen LogP contribution in [0.15, 0.2) is 29.4 Å². The Morgan fingerprint density at radius 1 is 1.07 bits per heavy atom. The molecule has 3 aliphatic rings. The van der Waals surface area contributed by atoms with Crippen molar-refractivity contribution in [1.82, 2.24) is 9.80 Å². The maximum Gasteiger partial charge on any atom is 0.245 e. The predicted molar refractivity (Wildman–Crippen MR) is 111 cm³/mol. The molecule has 6 nitrogen and oxygen atoms in total. The van der Waals surface area contributed by atoms with E-state index in [4.69, 9.17) is 5.21 Å². The number of nitrogens with zero attached hydrogens (tertiary/aromatic N) is 3. The maximum absolute atomic E-state index is 13.0. The first-order valence-corrected chi connectivity index (χ1v) is 11.0. The minimum Gasteiger partial charge on any atom is -0.411 e. The van der Waals surface area contributed by atoms with Crippen molar-refractivity contribution in [2.24, 2.45) is 11.1 Å². The number of amides is 2. The third kappa shape index (κ3) is 4.31. The molecule has 0 unspecified atom stereocenters. The summed E-state index contributed by atoms with van der Waals surface area (Å²) in [5.74, 6) is 0.770. The zero-order valence-electron chi connectivity index (χ0n) is 17.0. The minimum atomic E-state index is -0.342. The van der Waals surface area contributed by atoms with Crippen LogP contribution in [-0.2, 0) is 22.4 Å². The number of likely N-dealkylation sites (tertiary alicyclic amines) is 2. The van der Waals surface area contributed by atoms with Crippen molar-refractivity contribution < 1.29 is 14.8 Å². The molecule has 2 aliphatic heterocycles. The van der Waals surface area contributed by atoms with Crippen LogP contribution in [0.4, 0.5) is 0 Å². The molecule has 0 bridgehead atoms. The van der Waals surface area contributed by atoms with Crippen molar-refractivity contribution in [3.63, 3.8) is 0 Å². The minimum absolute atomic E-state index is 0.0180. The first-order chi connectivity index (χ1) is 14.2. The molecule has 4 rings (SSSR count). The van der Waals surface area contributed by atoms with Crippen LogP contribution >= 0.6 is 0 Å². The molecule has 0 saturated carbocycles. The fraction of sp³-hybridized carbons (Fsp3) is 0.609. The number of hydrogen-bond donors (Lipinski definition) is 1. The van der Waals surface area contributed by atoms with Crippen LogP contribution in [0.25, 0.3) is 0 Å². The Labute approximate surface area is 172 Å². The Kier molecular flexibility index (Phi) is 6.16. The monoisotopic (exact) mass is 397 g/mol. The molecule has 2 amide bonds. The van der Waals surface area contributed by atoms with E-state index >= 15 is 0 Å². The average molecular weight is 398 g/mol. The Morgan fingerprint density at radius 2 is 1.76 bits per heavy atom. The van der Waals surface area contributed by atoms with Crippen LogP contribution in [0.5, 0.6) is 0 Å². The Morgan fingerprint density at radius 3 is 2.48 bits per heavy atom. The summed E-state index contributed by atoms with van der Waals surface area (Å²) >= 11 is 0. The second-order valence-electron chi connectivity index (χ2n) is 8.69. The van der Waals surface area contributed by atoms with E-state index in [1.165, 1.54) is 17.3 Å². The van der Waals surface area contributed by atoms with Crippen molar-refractivity contribution >= 4 is 18.0 Å². The van der Waals surface area contributed by atoms with Gasteiger partial charge in [0.2, 0.25) is 11.8 Å². The first kappa shape index (κ1) is 19.9. The van der Waals surface area contributed by atoms with Crippen molar-refractivity contribution in [1.29, 1.82) is 0 Å². The lowest BCUT2D eigenvalue weighted by Crippen LogP contribution is -2.49. The molecule has 6 heteroatoms. The molecule has 2 saturated heterocycles. The maximum atomic E-state index is 13.0. The van der Waals surface area contributed by atoms with Gasteiger partial charge in [-0.25, -0.2) is 0 Å². The summed E-state index contributed by atoms with van der Waals surface area (Å²) in [4.78, 5) is 29.5. The summed E-state index contributed by atoms with van der Waals surface area (Å²) in [6, 6.07) is 8.15. The quantitative estimate of drug-likeness (QED) is 0.456. The van der Waals surface area contributed by atoms with Gasteiger partial charge in [-0.05, 0) is 68.4 Å². The molecular weight excluding hydrogens is 366 g/mol. The summed E-state index contributed by atoms with van der Waals surface area (Å²) in [6.45, 7) is 1.35. The van der Waals surface area contributed by atoms with Crippen molar-refractivity contribution in [2.45, 2.75) is 69.9 Å². The van der Waals surface area contributed by atoms with Crippen LogP contribution in [0.3, 0.4) is 0 Å². The topological polar surface area (TPSA) is 73.2 Å². The molecule has 1 aromatic rings. The summed E-state index contributed by atoms with van der Waals surface area (Å²) < 4.78 is 0. The molecule has 1 aliphatic carbocycles. The zero-order chi connectivity index (χ0) is 20.2. The van der Waals surface area contributed by atoms with Gasteiger partial charge in [-0.2, -0.15) is 0 Å².